The first-order valence-corrected chi connectivity index (χ1v) is 15.7. The molecule has 0 amide bonds. The van der Waals surface area contributed by atoms with E-state index in [0.717, 1.165) is 11.8 Å². The van der Waals surface area contributed by atoms with Gasteiger partial charge in [-0.15, -0.1) is 0 Å². The highest BCUT2D eigenvalue weighted by molar-refractivity contribution is 4.58. The van der Waals surface area contributed by atoms with Gasteiger partial charge < -0.3 is 0 Å². The molecule has 0 spiro atoms. The first-order chi connectivity index (χ1) is 15.7. The minimum absolute atomic E-state index is 0.961. The van der Waals surface area contributed by atoms with E-state index in [4.69, 9.17) is 0 Å². The van der Waals surface area contributed by atoms with Gasteiger partial charge in [0.15, 0.2) is 0 Å². The Kier molecular flexibility index (Phi) is 27.2. The SMILES string of the molecule is CCCCCCCCCCCCCC(C)CCCCCC(C)CCCCCCCCCC. The topological polar surface area (TPSA) is 0 Å². The van der Waals surface area contributed by atoms with Gasteiger partial charge in [-0.3, -0.25) is 0 Å². The Labute approximate surface area is 206 Å². The van der Waals surface area contributed by atoms with Crippen LogP contribution in [0.3, 0.4) is 0 Å². The van der Waals surface area contributed by atoms with E-state index < -0.39 is 0 Å². The molecule has 0 aromatic rings. The largest absolute Gasteiger partial charge is 0.0654 e. The van der Waals surface area contributed by atoms with Crippen molar-refractivity contribution in [3.8, 4) is 0 Å². The molecule has 0 radical (unpaired) electrons. The second-order valence-corrected chi connectivity index (χ2v) is 11.4. The lowest BCUT2D eigenvalue weighted by molar-refractivity contribution is 0.407. The zero-order valence-electron chi connectivity index (χ0n) is 23.5. The third kappa shape index (κ3) is 26.3. The molecule has 0 heteroatoms. The summed E-state index contributed by atoms with van der Waals surface area (Å²) in [5.41, 5.74) is 0. The molecule has 2 atom stereocenters. The van der Waals surface area contributed by atoms with Gasteiger partial charge in [0, 0.05) is 0 Å². The summed E-state index contributed by atoms with van der Waals surface area (Å²) in [7, 11) is 0. The molecule has 0 N–H and O–H groups in total. The standard InChI is InChI=1S/C32H66/c1-5-7-9-11-13-15-16-17-19-21-24-28-32(4)30-26-22-25-29-31(3)27-23-20-18-14-12-10-8-6-2/h31-32H,5-30H2,1-4H3. The molecule has 0 saturated heterocycles. The summed E-state index contributed by atoms with van der Waals surface area (Å²) in [6, 6.07) is 0. The van der Waals surface area contributed by atoms with Crippen LogP contribution < -0.4 is 0 Å². The van der Waals surface area contributed by atoms with Crippen molar-refractivity contribution in [1.29, 1.82) is 0 Å². The summed E-state index contributed by atoms with van der Waals surface area (Å²) in [4.78, 5) is 0. The van der Waals surface area contributed by atoms with Crippen molar-refractivity contribution in [2.75, 3.05) is 0 Å². The predicted octanol–water partition coefficient (Wildman–Crippen LogP) is 12.4. The second kappa shape index (κ2) is 27.2. The first-order valence-electron chi connectivity index (χ1n) is 15.7. The van der Waals surface area contributed by atoms with Crippen LogP contribution in [0.1, 0.15) is 195 Å². The van der Waals surface area contributed by atoms with Gasteiger partial charge >= 0.3 is 0 Å². The molecule has 0 rings (SSSR count). The van der Waals surface area contributed by atoms with E-state index >= 15 is 0 Å². The van der Waals surface area contributed by atoms with Crippen LogP contribution in [0, 0.1) is 11.8 Å². The molecule has 0 nitrogen and oxygen atoms in total. The van der Waals surface area contributed by atoms with Crippen molar-refractivity contribution in [3.63, 3.8) is 0 Å². The van der Waals surface area contributed by atoms with Crippen molar-refractivity contribution in [2.24, 2.45) is 11.8 Å². The molecule has 0 aliphatic heterocycles. The minimum atomic E-state index is 0.961. The molecule has 0 aliphatic carbocycles. The Balaban J connectivity index is 3.26. The molecule has 0 aromatic carbocycles. The maximum absolute atomic E-state index is 2.50. The summed E-state index contributed by atoms with van der Waals surface area (Å²) in [5, 5.41) is 0. The molecule has 0 bridgehead atoms. The molecular formula is C32H66. The predicted molar refractivity (Wildman–Crippen MR) is 150 cm³/mol. The Hall–Kier alpha value is 0. The van der Waals surface area contributed by atoms with E-state index in [-0.39, 0.29) is 0 Å². The number of unbranched alkanes of at least 4 members (excludes halogenated alkanes) is 19. The molecule has 0 aliphatic rings. The van der Waals surface area contributed by atoms with Crippen LogP contribution in [0.5, 0.6) is 0 Å². The average Bonchev–Trinajstić information content (AvgIpc) is 2.79. The second-order valence-electron chi connectivity index (χ2n) is 11.4. The van der Waals surface area contributed by atoms with Gasteiger partial charge in [0.2, 0.25) is 0 Å². The van der Waals surface area contributed by atoms with Crippen LogP contribution in [-0.2, 0) is 0 Å². The van der Waals surface area contributed by atoms with E-state index in [9.17, 15) is 0 Å². The highest BCUT2D eigenvalue weighted by Crippen LogP contribution is 2.21. The molecule has 2 unspecified atom stereocenters. The molecule has 0 heterocycles. The Bertz CT molecular complexity index is 320. The van der Waals surface area contributed by atoms with Crippen molar-refractivity contribution >= 4 is 0 Å². The van der Waals surface area contributed by atoms with Crippen LogP contribution in [0.2, 0.25) is 0 Å². The van der Waals surface area contributed by atoms with E-state index in [1.807, 2.05) is 0 Å². The lowest BCUT2D eigenvalue weighted by Crippen LogP contribution is -1.97. The summed E-state index contributed by atoms with van der Waals surface area (Å²) in [6.07, 6.45) is 38.1. The van der Waals surface area contributed by atoms with Crippen LogP contribution in [0.15, 0.2) is 0 Å². The van der Waals surface area contributed by atoms with Gasteiger partial charge in [-0.1, -0.05) is 195 Å². The van der Waals surface area contributed by atoms with Crippen molar-refractivity contribution in [2.45, 2.75) is 195 Å². The zero-order valence-corrected chi connectivity index (χ0v) is 23.5. The summed E-state index contributed by atoms with van der Waals surface area (Å²) in [6.45, 7) is 9.61. The summed E-state index contributed by atoms with van der Waals surface area (Å²) >= 11 is 0. The third-order valence-electron chi connectivity index (χ3n) is 7.74. The minimum Gasteiger partial charge on any atom is -0.0654 e. The zero-order chi connectivity index (χ0) is 23.5. The maximum atomic E-state index is 2.50. The Morgan fingerprint density at radius 2 is 0.469 bits per heavy atom. The smallest absolute Gasteiger partial charge is 0.0443 e. The van der Waals surface area contributed by atoms with E-state index in [2.05, 4.69) is 27.7 Å². The lowest BCUT2D eigenvalue weighted by atomic mass is 9.93. The number of hydrogen-bond donors (Lipinski definition) is 0. The summed E-state index contributed by atoms with van der Waals surface area (Å²) < 4.78 is 0. The van der Waals surface area contributed by atoms with Crippen LogP contribution in [-0.4, -0.2) is 0 Å². The van der Waals surface area contributed by atoms with Crippen molar-refractivity contribution < 1.29 is 0 Å². The fraction of sp³-hybridized carbons (Fsp3) is 1.00. The Morgan fingerprint density at radius 3 is 0.719 bits per heavy atom. The molecular weight excluding hydrogens is 384 g/mol. The van der Waals surface area contributed by atoms with Crippen molar-refractivity contribution in [3.05, 3.63) is 0 Å². The third-order valence-corrected chi connectivity index (χ3v) is 7.74. The Morgan fingerprint density at radius 1 is 0.281 bits per heavy atom. The van der Waals surface area contributed by atoms with Gasteiger partial charge in [-0.2, -0.15) is 0 Å². The van der Waals surface area contributed by atoms with E-state index in [1.54, 1.807) is 0 Å². The van der Waals surface area contributed by atoms with Gasteiger partial charge in [-0.25, -0.2) is 0 Å². The number of rotatable bonds is 27. The first kappa shape index (κ1) is 32.0. The van der Waals surface area contributed by atoms with Gasteiger partial charge in [0.25, 0.3) is 0 Å². The maximum Gasteiger partial charge on any atom is -0.0443 e. The fourth-order valence-electron chi connectivity index (χ4n) is 5.23. The lowest BCUT2D eigenvalue weighted by Gasteiger charge is -2.13. The summed E-state index contributed by atoms with van der Waals surface area (Å²) in [5.74, 6) is 1.92. The quantitative estimate of drug-likeness (QED) is 0.109. The fourth-order valence-corrected chi connectivity index (χ4v) is 5.23. The van der Waals surface area contributed by atoms with Gasteiger partial charge in [-0.05, 0) is 11.8 Å². The van der Waals surface area contributed by atoms with E-state index in [0.29, 0.717) is 0 Å². The highest BCUT2D eigenvalue weighted by atomic mass is 14.1. The van der Waals surface area contributed by atoms with Crippen molar-refractivity contribution in [1.82, 2.24) is 0 Å². The number of hydrogen-bond acceptors (Lipinski definition) is 0. The molecule has 0 aromatic heterocycles. The van der Waals surface area contributed by atoms with Crippen LogP contribution >= 0.6 is 0 Å². The van der Waals surface area contributed by atoms with Gasteiger partial charge in [0.05, 0.1) is 0 Å². The molecule has 194 valence electrons. The van der Waals surface area contributed by atoms with Crippen LogP contribution in [0.4, 0.5) is 0 Å². The average molecular weight is 451 g/mol. The van der Waals surface area contributed by atoms with Gasteiger partial charge in [0.1, 0.15) is 0 Å². The monoisotopic (exact) mass is 451 g/mol. The highest BCUT2D eigenvalue weighted by Gasteiger charge is 2.05. The van der Waals surface area contributed by atoms with E-state index in [1.165, 1.54) is 167 Å². The molecule has 0 fully saturated rings. The molecule has 0 saturated carbocycles. The molecule has 32 heavy (non-hydrogen) atoms. The van der Waals surface area contributed by atoms with Crippen LogP contribution in [0.25, 0.3) is 0 Å². The normalized spacial score (nSPS) is 13.5.